The van der Waals surface area contributed by atoms with Crippen molar-refractivity contribution in [2.45, 2.75) is 72.0 Å². The number of likely N-dealkylation sites (N-methyl/N-ethyl adjacent to an activating group) is 1. The second kappa shape index (κ2) is 12.0. The van der Waals surface area contributed by atoms with Crippen LogP contribution in [0, 0.1) is 20.8 Å². The molecule has 0 radical (unpaired) electrons. The summed E-state index contributed by atoms with van der Waals surface area (Å²) in [6.07, 6.45) is 4.71. The summed E-state index contributed by atoms with van der Waals surface area (Å²) in [4.78, 5) is 36.0. The van der Waals surface area contributed by atoms with Gasteiger partial charge < -0.3 is 20.1 Å². The van der Waals surface area contributed by atoms with Crippen molar-refractivity contribution in [3.63, 3.8) is 0 Å². The summed E-state index contributed by atoms with van der Waals surface area (Å²) in [6.45, 7) is 13.6. The van der Waals surface area contributed by atoms with E-state index >= 15 is 0 Å². The third kappa shape index (κ3) is 6.39. The Bertz CT molecular complexity index is 1160. The zero-order valence-corrected chi connectivity index (χ0v) is 23.7. The van der Waals surface area contributed by atoms with Crippen LogP contribution in [0.15, 0.2) is 23.0 Å². The Labute approximate surface area is 226 Å². The number of aryl methyl sites for hydroxylation is 2. The number of halogens is 1. The van der Waals surface area contributed by atoms with Gasteiger partial charge in [-0.15, -0.1) is 0 Å². The lowest BCUT2D eigenvalue weighted by Crippen LogP contribution is -2.51. The van der Waals surface area contributed by atoms with E-state index in [4.69, 9.17) is 11.6 Å². The van der Waals surface area contributed by atoms with Crippen LogP contribution in [-0.4, -0.2) is 72.5 Å². The Balaban J connectivity index is 1.46. The van der Waals surface area contributed by atoms with E-state index in [-0.39, 0.29) is 18.0 Å². The Kier molecular flexibility index (Phi) is 8.98. The van der Waals surface area contributed by atoms with Crippen LogP contribution >= 0.6 is 11.6 Å². The highest BCUT2D eigenvalue weighted by molar-refractivity contribution is 6.31. The fourth-order valence-corrected chi connectivity index (χ4v) is 6.32. The van der Waals surface area contributed by atoms with Gasteiger partial charge in [-0.25, -0.2) is 0 Å². The van der Waals surface area contributed by atoms with Gasteiger partial charge in [-0.05, 0) is 89.8 Å². The summed E-state index contributed by atoms with van der Waals surface area (Å²) >= 11 is 6.56. The first kappa shape index (κ1) is 27.7. The maximum Gasteiger partial charge on any atom is 0.253 e. The lowest BCUT2D eigenvalue weighted by molar-refractivity contribution is 0.0876. The summed E-state index contributed by atoms with van der Waals surface area (Å²) in [5.41, 5.74) is 4.62. The molecular formula is C29H42ClN5O2. The number of H-pyrrole nitrogens is 1. The number of nitrogens with one attached hydrogen (secondary N) is 2. The van der Waals surface area contributed by atoms with Gasteiger partial charge in [0.25, 0.3) is 11.5 Å². The van der Waals surface area contributed by atoms with Crippen molar-refractivity contribution in [3.05, 3.63) is 61.5 Å². The number of piperazine rings is 1. The molecule has 1 aliphatic carbocycles. The third-order valence-electron chi connectivity index (χ3n) is 8.32. The Morgan fingerprint density at radius 2 is 1.76 bits per heavy atom. The first-order valence-corrected chi connectivity index (χ1v) is 14.0. The van der Waals surface area contributed by atoms with Crippen molar-refractivity contribution in [1.29, 1.82) is 0 Å². The molecule has 2 fully saturated rings. The predicted octanol–water partition coefficient (Wildman–Crippen LogP) is 4.27. The second-order valence-corrected chi connectivity index (χ2v) is 11.2. The molecule has 7 nitrogen and oxygen atoms in total. The van der Waals surface area contributed by atoms with Gasteiger partial charge in [0, 0.05) is 78.9 Å². The molecule has 1 saturated heterocycles. The van der Waals surface area contributed by atoms with E-state index in [1.165, 1.54) is 25.9 Å². The number of aromatic nitrogens is 1. The standard InChI is InChI=1S/C29H42ClN5O2/c1-6-35(24-9-7-23(8-10-24)34-13-11-33(5)12-14-34)27-17-22(30)16-25(21(27)4)28(36)31-18-26-19(2)15-20(3)32-29(26)37/h15-17,23-24H,6-14,18H2,1-5H3,(H,31,36)(H,32,37). The summed E-state index contributed by atoms with van der Waals surface area (Å²) < 4.78 is 0. The van der Waals surface area contributed by atoms with E-state index in [9.17, 15) is 9.59 Å². The van der Waals surface area contributed by atoms with Gasteiger partial charge in [0.05, 0.1) is 0 Å². The largest absolute Gasteiger partial charge is 0.369 e. The number of benzene rings is 1. The molecule has 4 rings (SSSR count). The van der Waals surface area contributed by atoms with Crippen molar-refractivity contribution in [2.75, 3.05) is 44.7 Å². The molecule has 0 spiro atoms. The van der Waals surface area contributed by atoms with E-state index < -0.39 is 0 Å². The van der Waals surface area contributed by atoms with Crippen LogP contribution in [-0.2, 0) is 6.54 Å². The highest BCUT2D eigenvalue weighted by Crippen LogP contribution is 2.34. The monoisotopic (exact) mass is 527 g/mol. The van der Waals surface area contributed by atoms with E-state index in [2.05, 4.69) is 39.0 Å². The molecule has 2 N–H and O–H groups in total. The van der Waals surface area contributed by atoms with Crippen molar-refractivity contribution < 1.29 is 4.79 Å². The average Bonchev–Trinajstić information content (AvgIpc) is 2.86. The van der Waals surface area contributed by atoms with Gasteiger partial charge in [0.15, 0.2) is 0 Å². The molecule has 0 bridgehead atoms. The number of hydrogen-bond donors (Lipinski definition) is 2. The molecule has 0 unspecified atom stereocenters. The Morgan fingerprint density at radius 1 is 1.08 bits per heavy atom. The first-order valence-electron chi connectivity index (χ1n) is 13.6. The van der Waals surface area contributed by atoms with Crippen LogP contribution in [0.2, 0.25) is 5.02 Å². The highest BCUT2D eigenvalue weighted by Gasteiger charge is 2.31. The number of aromatic amines is 1. The number of nitrogens with zero attached hydrogens (tertiary/aromatic N) is 3. The van der Waals surface area contributed by atoms with Crippen molar-refractivity contribution >= 4 is 23.2 Å². The van der Waals surface area contributed by atoms with Gasteiger partial charge in [-0.2, -0.15) is 0 Å². The predicted molar refractivity (Wildman–Crippen MR) is 152 cm³/mol. The maximum atomic E-state index is 13.3. The Morgan fingerprint density at radius 3 is 2.38 bits per heavy atom. The maximum absolute atomic E-state index is 13.3. The topological polar surface area (TPSA) is 71.7 Å². The van der Waals surface area contributed by atoms with Crippen molar-refractivity contribution in [3.8, 4) is 0 Å². The average molecular weight is 528 g/mol. The number of rotatable bonds is 7. The molecule has 2 aliphatic rings. The van der Waals surface area contributed by atoms with Gasteiger partial charge in [-0.3, -0.25) is 14.5 Å². The van der Waals surface area contributed by atoms with Gasteiger partial charge in [-0.1, -0.05) is 11.6 Å². The molecule has 1 amide bonds. The van der Waals surface area contributed by atoms with Crippen LogP contribution in [0.3, 0.4) is 0 Å². The normalized spacial score (nSPS) is 21.1. The van der Waals surface area contributed by atoms with Crippen molar-refractivity contribution in [1.82, 2.24) is 20.1 Å². The quantitative estimate of drug-likeness (QED) is 0.562. The number of amides is 1. The lowest BCUT2D eigenvalue weighted by atomic mass is 9.88. The molecule has 37 heavy (non-hydrogen) atoms. The summed E-state index contributed by atoms with van der Waals surface area (Å²) in [7, 11) is 2.21. The van der Waals surface area contributed by atoms with Gasteiger partial charge in [0.2, 0.25) is 0 Å². The van der Waals surface area contributed by atoms with E-state index in [1.54, 1.807) is 6.07 Å². The molecule has 1 saturated carbocycles. The number of carbonyl (C=O) groups is 1. The van der Waals surface area contributed by atoms with Gasteiger partial charge >= 0.3 is 0 Å². The minimum Gasteiger partial charge on any atom is -0.369 e. The lowest BCUT2D eigenvalue weighted by Gasteiger charge is -2.44. The SMILES string of the molecule is CCN(c1cc(Cl)cc(C(=O)NCc2c(C)cc(C)[nH]c2=O)c1C)C1CCC(N2CCN(C)CC2)CC1. The molecule has 2 aromatic rings. The number of hydrogen-bond acceptors (Lipinski definition) is 5. The highest BCUT2D eigenvalue weighted by atomic mass is 35.5. The first-order chi connectivity index (χ1) is 17.7. The van der Waals surface area contributed by atoms with Crippen LogP contribution in [0.25, 0.3) is 0 Å². The molecule has 202 valence electrons. The van der Waals surface area contributed by atoms with E-state index in [0.29, 0.717) is 28.2 Å². The Hall–Kier alpha value is -2.35. The molecule has 1 aliphatic heterocycles. The van der Waals surface area contributed by atoms with Crippen LogP contribution < -0.4 is 15.8 Å². The van der Waals surface area contributed by atoms with Gasteiger partial charge in [0.1, 0.15) is 0 Å². The number of pyridine rings is 1. The van der Waals surface area contributed by atoms with Crippen LogP contribution in [0.4, 0.5) is 5.69 Å². The molecule has 0 atom stereocenters. The molecular weight excluding hydrogens is 486 g/mol. The zero-order chi connectivity index (χ0) is 26.7. The summed E-state index contributed by atoms with van der Waals surface area (Å²) in [5, 5.41) is 3.50. The molecule has 1 aromatic carbocycles. The van der Waals surface area contributed by atoms with Crippen LogP contribution in [0.5, 0.6) is 0 Å². The third-order valence-corrected chi connectivity index (χ3v) is 8.54. The van der Waals surface area contributed by atoms with E-state index in [1.807, 2.05) is 32.9 Å². The van der Waals surface area contributed by atoms with E-state index in [0.717, 1.165) is 55.0 Å². The fraction of sp³-hybridized carbons (Fsp3) is 0.586. The molecule has 1 aromatic heterocycles. The number of carbonyl (C=O) groups excluding carboxylic acids is 1. The smallest absolute Gasteiger partial charge is 0.253 e. The van der Waals surface area contributed by atoms with Crippen molar-refractivity contribution in [2.24, 2.45) is 0 Å². The minimum atomic E-state index is -0.213. The molecule has 2 heterocycles. The second-order valence-electron chi connectivity index (χ2n) is 10.8. The number of anilines is 1. The fourth-order valence-electron chi connectivity index (χ4n) is 6.11. The summed E-state index contributed by atoms with van der Waals surface area (Å²) in [6, 6.07) is 6.77. The minimum absolute atomic E-state index is 0.161. The summed E-state index contributed by atoms with van der Waals surface area (Å²) in [5.74, 6) is -0.213. The zero-order valence-electron chi connectivity index (χ0n) is 23.0. The molecule has 8 heteroatoms. The van der Waals surface area contributed by atoms with Crippen LogP contribution in [0.1, 0.15) is 65.3 Å².